The van der Waals surface area contributed by atoms with E-state index in [1.807, 2.05) is 6.92 Å². The Balaban J connectivity index is 4.74. The van der Waals surface area contributed by atoms with Crippen LogP contribution in [0.25, 0.3) is 0 Å². The zero-order valence-corrected chi connectivity index (χ0v) is 12.4. The van der Waals surface area contributed by atoms with Gasteiger partial charge < -0.3 is 9.47 Å². The molecule has 0 unspecified atom stereocenters. The SMILES string of the molecule is CCCCS(=O)(=O)N(CCC(=O)OC)CC(=O)OC. The normalized spacial score (nSPS) is 11.4. The predicted octanol–water partition coefficient (Wildman–Crippen LogP) is 0.154. The van der Waals surface area contributed by atoms with Crippen LogP contribution in [0.4, 0.5) is 0 Å². The number of sulfonamides is 1. The summed E-state index contributed by atoms with van der Waals surface area (Å²) in [4.78, 5) is 22.3. The number of ether oxygens (including phenoxy) is 2. The molecule has 7 nitrogen and oxygen atoms in total. The molecule has 0 bridgehead atoms. The molecule has 0 saturated carbocycles. The predicted molar refractivity (Wildman–Crippen MR) is 68.9 cm³/mol. The molecular weight excluding hydrogens is 274 g/mol. The van der Waals surface area contributed by atoms with Gasteiger partial charge in [-0.15, -0.1) is 0 Å². The largest absolute Gasteiger partial charge is 0.469 e. The number of carbonyl (C=O) groups is 2. The standard InChI is InChI=1S/C11H21NO6S/c1-4-5-8-19(15,16)12(9-11(14)18-3)7-6-10(13)17-2/h4-9H2,1-3H3. The molecule has 19 heavy (non-hydrogen) atoms. The summed E-state index contributed by atoms with van der Waals surface area (Å²) in [7, 11) is -1.17. The lowest BCUT2D eigenvalue weighted by Crippen LogP contribution is -2.39. The van der Waals surface area contributed by atoms with Gasteiger partial charge in [-0.05, 0) is 6.42 Å². The number of hydrogen-bond donors (Lipinski definition) is 0. The number of hydrogen-bond acceptors (Lipinski definition) is 6. The number of rotatable bonds is 9. The minimum atomic E-state index is -3.57. The Morgan fingerprint density at radius 3 is 2.16 bits per heavy atom. The molecule has 0 aliphatic rings. The second kappa shape index (κ2) is 8.87. The van der Waals surface area contributed by atoms with E-state index in [1.54, 1.807) is 0 Å². The minimum Gasteiger partial charge on any atom is -0.469 e. The van der Waals surface area contributed by atoms with Crippen LogP contribution in [0.15, 0.2) is 0 Å². The number of nitrogens with zero attached hydrogens (tertiary/aromatic N) is 1. The molecule has 0 aliphatic carbocycles. The van der Waals surface area contributed by atoms with Gasteiger partial charge in [-0.25, -0.2) is 8.42 Å². The second-order valence-corrected chi connectivity index (χ2v) is 5.99. The molecule has 0 heterocycles. The first-order valence-corrected chi connectivity index (χ1v) is 7.59. The molecule has 0 spiro atoms. The van der Waals surface area contributed by atoms with E-state index in [4.69, 9.17) is 0 Å². The monoisotopic (exact) mass is 295 g/mol. The third kappa shape index (κ3) is 7.12. The molecule has 0 atom stereocenters. The van der Waals surface area contributed by atoms with Gasteiger partial charge in [-0.3, -0.25) is 9.59 Å². The lowest BCUT2D eigenvalue weighted by molar-refractivity contribution is -0.143. The molecule has 8 heteroatoms. The molecule has 0 saturated heterocycles. The fourth-order valence-corrected chi connectivity index (χ4v) is 2.88. The van der Waals surface area contributed by atoms with Crippen molar-refractivity contribution < 1.29 is 27.5 Å². The molecule has 0 N–H and O–H groups in total. The minimum absolute atomic E-state index is 0.0539. The number of methoxy groups -OCH3 is 2. The summed E-state index contributed by atoms with van der Waals surface area (Å²) < 4.78 is 33.9. The summed E-state index contributed by atoms with van der Waals surface area (Å²) in [5, 5.41) is 0. The third-order valence-corrected chi connectivity index (χ3v) is 4.38. The smallest absolute Gasteiger partial charge is 0.321 e. The number of unbranched alkanes of at least 4 members (excludes halogenated alkanes) is 1. The van der Waals surface area contributed by atoms with Crippen molar-refractivity contribution in [3.8, 4) is 0 Å². The Morgan fingerprint density at radius 2 is 1.68 bits per heavy atom. The van der Waals surface area contributed by atoms with Crippen LogP contribution in [0, 0.1) is 0 Å². The van der Waals surface area contributed by atoms with Gasteiger partial charge in [0, 0.05) is 6.54 Å². The highest BCUT2D eigenvalue weighted by molar-refractivity contribution is 7.89. The highest BCUT2D eigenvalue weighted by Gasteiger charge is 2.25. The van der Waals surface area contributed by atoms with E-state index in [2.05, 4.69) is 9.47 Å². The van der Waals surface area contributed by atoms with Crippen LogP contribution in [0.3, 0.4) is 0 Å². The van der Waals surface area contributed by atoms with Crippen LogP contribution >= 0.6 is 0 Å². The molecule has 0 amide bonds. The van der Waals surface area contributed by atoms with Crippen molar-refractivity contribution in [2.45, 2.75) is 26.2 Å². The number of esters is 2. The van der Waals surface area contributed by atoms with Crippen LogP contribution in [-0.4, -0.2) is 57.7 Å². The molecular formula is C11H21NO6S. The molecule has 0 rings (SSSR count). The molecule has 0 fully saturated rings. The van der Waals surface area contributed by atoms with Gasteiger partial charge >= 0.3 is 11.9 Å². The fourth-order valence-electron chi connectivity index (χ4n) is 1.30. The van der Waals surface area contributed by atoms with Crippen molar-refractivity contribution in [3.05, 3.63) is 0 Å². The average molecular weight is 295 g/mol. The molecule has 0 aromatic carbocycles. The summed E-state index contributed by atoms with van der Waals surface area (Å²) in [6.45, 7) is 1.39. The second-order valence-electron chi connectivity index (χ2n) is 3.91. The van der Waals surface area contributed by atoms with Crippen molar-refractivity contribution in [2.75, 3.05) is 33.1 Å². The van der Waals surface area contributed by atoms with E-state index in [9.17, 15) is 18.0 Å². The zero-order chi connectivity index (χ0) is 14.9. The van der Waals surface area contributed by atoms with Gasteiger partial charge in [0.05, 0.1) is 26.4 Å². The lowest BCUT2D eigenvalue weighted by Gasteiger charge is -2.20. The maximum Gasteiger partial charge on any atom is 0.321 e. The van der Waals surface area contributed by atoms with Gasteiger partial charge in [0.1, 0.15) is 6.54 Å². The Bertz CT molecular complexity index is 392. The number of carbonyl (C=O) groups excluding carboxylic acids is 2. The van der Waals surface area contributed by atoms with Gasteiger partial charge in [-0.2, -0.15) is 4.31 Å². The molecule has 0 aromatic rings. The van der Waals surface area contributed by atoms with Crippen LogP contribution < -0.4 is 0 Å². The fraction of sp³-hybridized carbons (Fsp3) is 0.818. The van der Waals surface area contributed by atoms with E-state index < -0.39 is 22.0 Å². The van der Waals surface area contributed by atoms with Crippen molar-refractivity contribution in [1.82, 2.24) is 4.31 Å². The summed E-state index contributed by atoms with van der Waals surface area (Å²) in [6, 6.07) is 0. The molecule has 0 aromatic heterocycles. The van der Waals surface area contributed by atoms with E-state index in [0.717, 1.165) is 10.7 Å². The van der Waals surface area contributed by atoms with E-state index in [1.165, 1.54) is 14.2 Å². The first-order chi connectivity index (χ1) is 8.87. The third-order valence-electron chi connectivity index (χ3n) is 2.48. The lowest BCUT2D eigenvalue weighted by atomic mass is 10.4. The van der Waals surface area contributed by atoms with Gasteiger partial charge in [0.25, 0.3) is 0 Å². The summed E-state index contributed by atoms with van der Waals surface area (Å²) in [5.74, 6) is -1.24. The Morgan fingerprint density at radius 1 is 1.11 bits per heavy atom. The van der Waals surface area contributed by atoms with Crippen molar-refractivity contribution >= 4 is 22.0 Å². The summed E-state index contributed by atoms with van der Waals surface area (Å²) in [6.07, 6.45) is 1.12. The highest BCUT2D eigenvalue weighted by Crippen LogP contribution is 2.07. The highest BCUT2D eigenvalue weighted by atomic mass is 32.2. The topological polar surface area (TPSA) is 90.0 Å². The molecule has 0 radical (unpaired) electrons. The first-order valence-electron chi connectivity index (χ1n) is 5.98. The summed E-state index contributed by atoms with van der Waals surface area (Å²) >= 11 is 0. The quantitative estimate of drug-likeness (QED) is 0.563. The van der Waals surface area contributed by atoms with E-state index in [-0.39, 0.29) is 25.3 Å². The Kier molecular flexibility index (Phi) is 8.33. The van der Waals surface area contributed by atoms with Crippen molar-refractivity contribution in [1.29, 1.82) is 0 Å². The maximum atomic E-state index is 12.0. The van der Waals surface area contributed by atoms with Gasteiger partial charge in [-0.1, -0.05) is 13.3 Å². The Hall–Kier alpha value is -1.15. The first kappa shape index (κ1) is 17.8. The summed E-state index contributed by atoms with van der Waals surface area (Å²) in [5.41, 5.74) is 0. The van der Waals surface area contributed by atoms with Gasteiger partial charge in [0.2, 0.25) is 10.0 Å². The van der Waals surface area contributed by atoms with Crippen LogP contribution in [0.5, 0.6) is 0 Å². The maximum absolute atomic E-state index is 12.0. The average Bonchev–Trinajstić information content (AvgIpc) is 2.40. The van der Waals surface area contributed by atoms with Crippen LogP contribution in [0.1, 0.15) is 26.2 Å². The van der Waals surface area contributed by atoms with Gasteiger partial charge in [0.15, 0.2) is 0 Å². The van der Waals surface area contributed by atoms with E-state index in [0.29, 0.717) is 6.42 Å². The Labute approximate surface area is 113 Å². The van der Waals surface area contributed by atoms with E-state index >= 15 is 0 Å². The van der Waals surface area contributed by atoms with Crippen LogP contribution in [0.2, 0.25) is 0 Å². The van der Waals surface area contributed by atoms with Crippen LogP contribution in [-0.2, 0) is 29.1 Å². The van der Waals surface area contributed by atoms with Crippen molar-refractivity contribution in [2.24, 2.45) is 0 Å². The molecule has 112 valence electrons. The van der Waals surface area contributed by atoms with Crippen molar-refractivity contribution in [3.63, 3.8) is 0 Å². The zero-order valence-electron chi connectivity index (χ0n) is 11.5. The molecule has 0 aliphatic heterocycles.